The van der Waals surface area contributed by atoms with Gasteiger partial charge < -0.3 is 10.5 Å². The molecule has 0 unspecified atom stereocenters. The van der Waals surface area contributed by atoms with Crippen molar-refractivity contribution < 1.29 is 9.30 Å². The fraction of sp³-hybridized carbons (Fsp3) is 0.261. The first kappa shape index (κ1) is 17.2. The maximum absolute atomic E-state index is 5.88. The van der Waals surface area contributed by atoms with Crippen LogP contribution in [0.2, 0.25) is 0 Å². The molecule has 0 fully saturated rings. The molecule has 27 heavy (non-hydrogen) atoms. The van der Waals surface area contributed by atoms with E-state index in [-0.39, 0.29) is 6.61 Å². The smallest absolute Gasteiger partial charge is 0.262 e. The molecule has 1 aliphatic heterocycles. The maximum atomic E-state index is 5.88. The van der Waals surface area contributed by atoms with Crippen molar-refractivity contribution in [1.29, 1.82) is 0 Å². The Morgan fingerprint density at radius 1 is 1.04 bits per heavy atom. The molecule has 4 rings (SSSR count). The molecule has 0 spiro atoms. The molecule has 2 heterocycles. The lowest BCUT2D eigenvalue weighted by molar-refractivity contribution is -0.692. The van der Waals surface area contributed by atoms with Crippen molar-refractivity contribution in [3.8, 4) is 35.0 Å². The molecular formula is C23H24N3O+. The molecule has 4 heteroatoms. The zero-order valence-electron chi connectivity index (χ0n) is 15.4. The van der Waals surface area contributed by atoms with E-state index in [0.717, 1.165) is 30.1 Å². The average molecular weight is 358 g/mol. The van der Waals surface area contributed by atoms with E-state index in [0.29, 0.717) is 0 Å². The summed E-state index contributed by atoms with van der Waals surface area (Å²) in [6, 6.07) is 16.3. The van der Waals surface area contributed by atoms with Gasteiger partial charge in [-0.05, 0) is 67.8 Å². The van der Waals surface area contributed by atoms with Crippen LogP contribution in [-0.4, -0.2) is 11.2 Å². The number of terminal acetylenes is 1. The lowest BCUT2D eigenvalue weighted by Gasteiger charge is -2.04. The number of benzene rings is 2. The summed E-state index contributed by atoms with van der Waals surface area (Å²) in [7, 11) is 0. The molecule has 0 amide bonds. The minimum atomic E-state index is 0.287. The molecule has 2 N–H and O–H groups in total. The van der Waals surface area contributed by atoms with E-state index in [4.69, 9.17) is 16.9 Å². The Hall–Kier alpha value is -3.19. The van der Waals surface area contributed by atoms with Gasteiger partial charge in [-0.2, -0.15) is 4.57 Å². The normalized spacial score (nSPS) is 13.4. The van der Waals surface area contributed by atoms with Crippen LogP contribution >= 0.6 is 0 Å². The van der Waals surface area contributed by atoms with E-state index >= 15 is 0 Å². The first-order valence-electron chi connectivity index (χ1n) is 9.43. The summed E-state index contributed by atoms with van der Waals surface area (Å²) < 4.78 is 10.3. The highest BCUT2D eigenvalue weighted by Crippen LogP contribution is 2.25. The third-order valence-electron chi connectivity index (χ3n) is 5.06. The molecular weight excluding hydrogens is 334 g/mol. The van der Waals surface area contributed by atoms with Gasteiger partial charge in [-0.3, -0.25) is 0 Å². The Morgan fingerprint density at radius 2 is 1.81 bits per heavy atom. The quantitative estimate of drug-likeness (QED) is 0.438. The third kappa shape index (κ3) is 3.54. The van der Waals surface area contributed by atoms with E-state index in [1.807, 2.05) is 24.3 Å². The predicted octanol–water partition coefficient (Wildman–Crippen LogP) is 3.75. The summed E-state index contributed by atoms with van der Waals surface area (Å²) in [6.07, 6.45) is 12.3. The summed E-state index contributed by atoms with van der Waals surface area (Å²) >= 11 is 0. The van der Waals surface area contributed by atoms with Gasteiger partial charge >= 0.3 is 0 Å². The molecule has 2 aromatic carbocycles. The van der Waals surface area contributed by atoms with E-state index in [9.17, 15) is 0 Å². The van der Waals surface area contributed by atoms with Crippen LogP contribution in [0.25, 0.3) is 16.9 Å². The minimum Gasteiger partial charge on any atom is -0.481 e. The highest BCUT2D eigenvalue weighted by Gasteiger charge is 2.26. The van der Waals surface area contributed by atoms with Gasteiger partial charge in [0.15, 0.2) is 5.69 Å². The van der Waals surface area contributed by atoms with Gasteiger partial charge in [-0.15, -0.1) is 6.42 Å². The van der Waals surface area contributed by atoms with Crippen LogP contribution in [0.4, 0.5) is 5.69 Å². The van der Waals surface area contributed by atoms with Crippen molar-refractivity contribution in [2.45, 2.75) is 32.2 Å². The van der Waals surface area contributed by atoms with Crippen LogP contribution < -0.4 is 15.0 Å². The van der Waals surface area contributed by atoms with Gasteiger partial charge in [0, 0.05) is 17.7 Å². The van der Waals surface area contributed by atoms with Crippen molar-refractivity contribution in [2.24, 2.45) is 0 Å². The Bertz CT molecular complexity index is 963. The third-order valence-corrected chi connectivity index (χ3v) is 5.06. The molecule has 1 aromatic heterocycles. The fourth-order valence-corrected chi connectivity index (χ4v) is 3.71. The molecule has 0 radical (unpaired) electrons. The molecule has 0 aliphatic carbocycles. The SMILES string of the molecule is C#CCOc1ccc(-n2cc(-c3ccc(N)cc3)[n+]3c2CCCCC3)cc1. The average Bonchev–Trinajstić information content (AvgIpc) is 2.88. The lowest BCUT2D eigenvalue weighted by atomic mass is 10.1. The summed E-state index contributed by atoms with van der Waals surface area (Å²) in [6.45, 7) is 1.33. The van der Waals surface area contributed by atoms with E-state index in [1.165, 1.54) is 36.3 Å². The van der Waals surface area contributed by atoms with Crippen molar-refractivity contribution in [3.05, 3.63) is 60.6 Å². The second-order valence-corrected chi connectivity index (χ2v) is 6.87. The Kier molecular flexibility index (Phi) is 4.84. The first-order chi connectivity index (χ1) is 13.3. The van der Waals surface area contributed by atoms with Crippen LogP contribution in [0.5, 0.6) is 5.75 Å². The number of aromatic nitrogens is 2. The second kappa shape index (κ2) is 7.59. The number of anilines is 1. The van der Waals surface area contributed by atoms with Crippen LogP contribution in [0, 0.1) is 12.3 Å². The first-order valence-corrected chi connectivity index (χ1v) is 9.43. The highest BCUT2D eigenvalue weighted by atomic mass is 16.5. The zero-order chi connectivity index (χ0) is 18.6. The summed E-state index contributed by atoms with van der Waals surface area (Å²) in [5.41, 5.74) is 10.2. The molecule has 0 saturated carbocycles. The molecule has 1 aliphatic rings. The Labute approximate surface area is 160 Å². The fourth-order valence-electron chi connectivity index (χ4n) is 3.71. The topological polar surface area (TPSA) is 44.1 Å². The summed E-state index contributed by atoms with van der Waals surface area (Å²) in [5.74, 6) is 4.63. The maximum Gasteiger partial charge on any atom is 0.262 e. The van der Waals surface area contributed by atoms with Gasteiger partial charge in [0.05, 0.1) is 6.54 Å². The second-order valence-electron chi connectivity index (χ2n) is 6.87. The minimum absolute atomic E-state index is 0.287. The van der Waals surface area contributed by atoms with Gasteiger partial charge in [0.25, 0.3) is 5.82 Å². The molecule has 136 valence electrons. The van der Waals surface area contributed by atoms with E-state index in [1.54, 1.807) is 0 Å². The predicted molar refractivity (Wildman–Crippen MR) is 108 cm³/mol. The van der Waals surface area contributed by atoms with E-state index < -0.39 is 0 Å². The number of hydrogen-bond donors (Lipinski definition) is 1. The number of fused-ring (bicyclic) bond motifs is 1. The van der Waals surface area contributed by atoms with Crippen molar-refractivity contribution in [1.82, 2.24) is 4.57 Å². The number of nitrogens with zero attached hydrogens (tertiary/aromatic N) is 2. The number of rotatable bonds is 4. The zero-order valence-corrected chi connectivity index (χ0v) is 15.4. The highest BCUT2D eigenvalue weighted by molar-refractivity contribution is 5.60. The molecule has 0 bridgehead atoms. The van der Waals surface area contributed by atoms with Gasteiger partial charge in [0.1, 0.15) is 24.2 Å². The number of nitrogen functional groups attached to an aromatic ring is 1. The summed E-state index contributed by atoms with van der Waals surface area (Å²) in [4.78, 5) is 0. The van der Waals surface area contributed by atoms with Crippen LogP contribution in [-0.2, 0) is 13.0 Å². The van der Waals surface area contributed by atoms with Crippen molar-refractivity contribution >= 4 is 5.69 Å². The van der Waals surface area contributed by atoms with Gasteiger partial charge in [-0.1, -0.05) is 5.92 Å². The number of imidazole rings is 1. The van der Waals surface area contributed by atoms with Crippen LogP contribution in [0.1, 0.15) is 25.1 Å². The molecule has 4 nitrogen and oxygen atoms in total. The Balaban J connectivity index is 1.76. The van der Waals surface area contributed by atoms with Crippen LogP contribution in [0.15, 0.2) is 54.7 Å². The van der Waals surface area contributed by atoms with Gasteiger partial charge in [0.2, 0.25) is 0 Å². The van der Waals surface area contributed by atoms with Gasteiger partial charge in [-0.25, -0.2) is 4.57 Å². The molecule has 0 atom stereocenters. The molecule has 0 saturated heterocycles. The monoisotopic (exact) mass is 358 g/mol. The number of ether oxygens (including phenoxy) is 1. The lowest BCUT2D eigenvalue weighted by Crippen LogP contribution is -2.38. The largest absolute Gasteiger partial charge is 0.481 e. The number of nitrogens with two attached hydrogens (primary N) is 1. The summed E-state index contributed by atoms with van der Waals surface area (Å²) in [5, 5.41) is 0. The van der Waals surface area contributed by atoms with Crippen molar-refractivity contribution in [3.63, 3.8) is 0 Å². The van der Waals surface area contributed by atoms with Crippen molar-refractivity contribution in [2.75, 3.05) is 12.3 Å². The molecule has 3 aromatic rings. The Morgan fingerprint density at radius 3 is 2.56 bits per heavy atom. The standard InChI is InChI=1S/C23H24N3O/c1-2-16-27-21-13-11-20(12-14-21)26-17-22(18-7-9-19(24)10-8-18)25-15-5-3-4-6-23(25)26/h1,7-14,17H,3-6,15-16,24H2/q+1. The van der Waals surface area contributed by atoms with E-state index in [2.05, 4.69) is 45.5 Å². The van der Waals surface area contributed by atoms with Crippen LogP contribution in [0.3, 0.4) is 0 Å². The number of hydrogen-bond acceptors (Lipinski definition) is 2.